The van der Waals surface area contributed by atoms with Crippen molar-refractivity contribution in [3.63, 3.8) is 0 Å². The van der Waals surface area contributed by atoms with Crippen LogP contribution >= 0.6 is 0 Å². The van der Waals surface area contributed by atoms with Crippen molar-refractivity contribution in [2.75, 3.05) is 25.0 Å². The topological polar surface area (TPSA) is 61.4 Å². The molecule has 0 spiro atoms. The van der Waals surface area contributed by atoms with E-state index in [1.54, 1.807) is 0 Å². The summed E-state index contributed by atoms with van der Waals surface area (Å²) in [6.45, 7) is 3.21. The molecule has 0 aromatic heterocycles. The molecule has 1 saturated heterocycles. The fraction of sp³-hybridized carbons (Fsp3) is 0.529. The van der Waals surface area contributed by atoms with Gasteiger partial charge in [0.15, 0.2) is 0 Å². The standard InChI is InChI=1S/C17H21F4N3O2/c1-2-7-22-16(26)24-8-3-4-11(10-24)15(25)23-12-5-6-13(14(18)9-12)17(19,20)21/h5-6,9,11H,2-4,7-8,10H2,1H3,(H,22,26)(H,23,25)/t11-/m0/s1. The Morgan fingerprint density at radius 1 is 1.31 bits per heavy atom. The first kappa shape index (κ1) is 20.0. The van der Waals surface area contributed by atoms with Crippen LogP contribution < -0.4 is 10.6 Å². The highest BCUT2D eigenvalue weighted by molar-refractivity contribution is 5.93. The fourth-order valence-corrected chi connectivity index (χ4v) is 2.79. The predicted molar refractivity (Wildman–Crippen MR) is 88.0 cm³/mol. The van der Waals surface area contributed by atoms with Gasteiger partial charge in [-0.15, -0.1) is 0 Å². The predicted octanol–water partition coefficient (Wildman–Crippen LogP) is 3.61. The van der Waals surface area contributed by atoms with Gasteiger partial charge in [0, 0.05) is 25.3 Å². The van der Waals surface area contributed by atoms with Gasteiger partial charge in [-0.2, -0.15) is 13.2 Å². The van der Waals surface area contributed by atoms with E-state index in [1.807, 2.05) is 6.92 Å². The summed E-state index contributed by atoms with van der Waals surface area (Å²) < 4.78 is 51.3. The lowest BCUT2D eigenvalue weighted by molar-refractivity contribution is -0.140. The molecular formula is C17H21F4N3O2. The molecule has 0 aliphatic carbocycles. The molecule has 1 aromatic carbocycles. The van der Waals surface area contributed by atoms with Crippen LogP contribution in [0.1, 0.15) is 31.7 Å². The molecule has 9 heteroatoms. The van der Waals surface area contributed by atoms with Gasteiger partial charge in [0.1, 0.15) is 5.82 Å². The molecule has 1 heterocycles. The molecule has 1 aromatic rings. The van der Waals surface area contributed by atoms with Gasteiger partial charge in [-0.3, -0.25) is 4.79 Å². The number of benzene rings is 1. The van der Waals surface area contributed by atoms with Crippen LogP contribution in [0.4, 0.5) is 28.0 Å². The lowest BCUT2D eigenvalue weighted by Crippen LogP contribution is -2.48. The monoisotopic (exact) mass is 375 g/mol. The molecule has 0 radical (unpaired) electrons. The second-order valence-electron chi connectivity index (χ2n) is 6.20. The maximum atomic E-state index is 13.6. The third-order valence-corrected chi connectivity index (χ3v) is 4.15. The van der Waals surface area contributed by atoms with Gasteiger partial charge in [-0.25, -0.2) is 9.18 Å². The Kier molecular flexibility index (Phi) is 6.44. The molecule has 0 bridgehead atoms. The van der Waals surface area contributed by atoms with Gasteiger partial charge in [0.25, 0.3) is 0 Å². The molecule has 5 nitrogen and oxygen atoms in total. The number of hydrogen-bond acceptors (Lipinski definition) is 2. The number of carbonyl (C=O) groups is 2. The first-order chi connectivity index (χ1) is 12.2. The van der Waals surface area contributed by atoms with Crippen molar-refractivity contribution in [2.24, 2.45) is 5.92 Å². The summed E-state index contributed by atoms with van der Waals surface area (Å²) >= 11 is 0. The molecule has 2 N–H and O–H groups in total. The van der Waals surface area contributed by atoms with Crippen LogP contribution in [-0.4, -0.2) is 36.5 Å². The number of alkyl halides is 3. The summed E-state index contributed by atoms with van der Waals surface area (Å²) in [6.07, 6.45) is -2.81. The minimum atomic E-state index is -4.79. The molecule has 0 unspecified atom stereocenters. The maximum absolute atomic E-state index is 13.6. The van der Waals surface area contributed by atoms with Crippen LogP contribution in [-0.2, 0) is 11.0 Å². The number of piperidine rings is 1. The summed E-state index contributed by atoms with van der Waals surface area (Å²) in [7, 11) is 0. The molecule has 1 fully saturated rings. The Morgan fingerprint density at radius 3 is 2.65 bits per heavy atom. The van der Waals surface area contributed by atoms with E-state index in [9.17, 15) is 27.2 Å². The number of urea groups is 1. The van der Waals surface area contributed by atoms with Crippen molar-refractivity contribution in [1.29, 1.82) is 0 Å². The van der Waals surface area contributed by atoms with Crippen molar-refractivity contribution in [3.05, 3.63) is 29.6 Å². The zero-order valence-electron chi connectivity index (χ0n) is 14.3. The Labute approximate surface area is 148 Å². The molecule has 26 heavy (non-hydrogen) atoms. The minimum Gasteiger partial charge on any atom is -0.338 e. The summed E-state index contributed by atoms with van der Waals surface area (Å²) in [4.78, 5) is 25.9. The molecule has 0 saturated carbocycles. The number of nitrogens with zero attached hydrogens (tertiary/aromatic N) is 1. The van der Waals surface area contributed by atoms with E-state index in [4.69, 9.17) is 0 Å². The smallest absolute Gasteiger partial charge is 0.338 e. The van der Waals surface area contributed by atoms with Crippen molar-refractivity contribution in [1.82, 2.24) is 10.2 Å². The Balaban J connectivity index is 1.99. The zero-order valence-corrected chi connectivity index (χ0v) is 14.3. The molecule has 3 amide bonds. The zero-order chi connectivity index (χ0) is 19.3. The first-order valence-corrected chi connectivity index (χ1v) is 8.42. The summed E-state index contributed by atoms with van der Waals surface area (Å²) in [5, 5.41) is 5.17. The highest BCUT2D eigenvalue weighted by Crippen LogP contribution is 2.32. The Hall–Kier alpha value is -2.32. The average Bonchev–Trinajstić information content (AvgIpc) is 2.58. The van der Waals surface area contributed by atoms with Crippen molar-refractivity contribution < 1.29 is 27.2 Å². The maximum Gasteiger partial charge on any atom is 0.419 e. The van der Waals surface area contributed by atoms with Crippen LogP contribution in [0.2, 0.25) is 0 Å². The molecule has 144 valence electrons. The summed E-state index contributed by atoms with van der Waals surface area (Å²) in [6, 6.07) is 2.01. The number of anilines is 1. The molecule has 2 rings (SSSR count). The molecule has 1 atom stereocenters. The van der Waals surface area contributed by atoms with E-state index >= 15 is 0 Å². The lowest BCUT2D eigenvalue weighted by Gasteiger charge is -2.32. The summed E-state index contributed by atoms with van der Waals surface area (Å²) in [5.41, 5.74) is -1.43. The highest BCUT2D eigenvalue weighted by Gasteiger charge is 2.34. The number of nitrogens with one attached hydrogen (secondary N) is 2. The van der Waals surface area contributed by atoms with Gasteiger partial charge >= 0.3 is 12.2 Å². The fourth-order valence-electron chi connectivity index (χ4n) is 2.79. The molecule has 1 aliphatic heterocycles. The third kappa shape index (κ3) is 5.09. The Morgan fingerprint density at radius 2 is 2.04 bits per heavy atom. The van der Waals surface area contributed by atoms with Crippen molar-refractivity contribution in [3.8, 4) is 0 Å². The SMILES string of the molecule is CCCNC(=O)N1CCC[C@H](C(=O)Nc2ccc(C(F)(F)F)c(F)c2)C1. The van der Waals surface area contributed by atoms with Crippen LogP contribution in [0.3, 0.4) is 0 Å². The highest BCUT2D eigenvalue weighted by atomic mass is 19.4. The van der Waals surface area contributed by atoms with E-state index in [0.29, 0.717) is 38.1 Å². The van der Waals surface area contributed by atoms with Crippen LogP contribution in [0.25, 0.3) is 0 Å². The number of carbonyl (C=O) groups excluding carboxylic acids is 2. The number of likely N-dealkylation sites (tertiary alicyclic amines) is 1. The van der Waals surface area contributed by atoms with Crippen LogP contribution in [0, 0.1) is 11.7 Å². The normalized spacial score (nSPS) is 17.7. The van der Waals surface area contributed by atoms with Gasteiger partial charge in [-0.05, 0) is 37.5 Å². The molecule has 1 aliphatic rings. The summed E-state index contributed by atoms with van der Waals surface area (Å²) in [5.74, 6) is -2.39. The third-order valence-electron chi connectivity index (χ3n) is 4.15. The van der Waals surface area contributed by atoms with Crippen molar-refractivity contribution in [2.45, 2.75) is 32.4 Å². The molecular weight excluding hydrogens is 354 g/mol. The lowest BCUT2D eigenvalue weighted by atomic mass is 9.97. The quantitative estimate of drug-likeness (QED) is 0.790. The number of halogens is 4. The van der Waals surface area contributed by atoms with Gasteiger partial charge < -0.3 is 15.5 Å². The van der Waals surface area contributed by atoms with E-state index in [0.717, 1.165) is 12.5 Å². The number of hydrogen-bond donors (Lipinski definition) is 2. The van der Waals surface area contributed by atoms with Gasteiger partial charge in [-0.1, -0.05) is 6.92 Å². The van der Waals surface area contributed by atoms with Crippen molar-refractivity contribution >= 4 is 17.6 Å². The second-order valence-corrected chi connectivity index (χ2v) is 6.20. The largest absolute Gasteiger partial charge is 0.419 e. The number of amides is 3. The second kappa shape index (κ2) is 8.37. The van der Waals surface area contributed by atoms with Gasteiger partial charge in [0.2, 0.25) is 5.91 Å². The van der Waals surface area contributed by atoms with E-state index in [-0.39, 0.29) is 18.3 Å². The van der Waals surface area contributed by atoms with E-state index in [1.165, 1.54) is 4.90 Å². The van der Waals surface area contributed by atoms with Crippen LogP contribution in [0.15, 0.2) is 18.2 Å². The minimum absolute atomic E-state index is 0.0481. The first-order valence-electron chi connectivity index (χ1n) is 8.42. The van der Waals surface area contributed by atoms with E-state index in [2.05, 4.69) is 10.6 Å². The number of rotatable bonds is 4. The van der Waals surface area contributed by atoms with Gasteiger partial charge in [0.05, 0.1) is 11.5 Å². The average molecular weight is 375 g/mol. The van der Waals surface area contributed by atoms with Crippen LogP contribution in [0.5, 0.6) is 0 Å². The van der Waals surface area contributed by atoms with E-state index < -0.39 is 29.4 Å². The Bertz CT molecular complexity index is 664.